The molecule has 7 nitrogen and oxygen atoms in total. The van der Waals surface area contributed by atoms with Gasteiger partial charge in [-0.15, -0.1) is 0 Å². The van der Waals surface area contributed by atoms with Gasteiger partial charge in [-0.05, 0) is 80.3 Å². The van der Waals surface area contributed by atoms with Crippen molar-refractivity contribution in [2.45, 2.75) is 38.1 Å². The van der Waals surface area contributed by atoms with Gasteiger partial charge in [0.1, 0.15) is 5.75 Å². The van der Waals surface area contributed by atoms with Crippen LogP contribution in [0.25, 0.3) is 0 Å². The van der Waals surface area contributed by atoms with E-state index in [9.17, 15) is 18.0 Å². The van der Waals surface area contributed by atoms with Gasteiger partial charge in [0, 0.05) is 7.05 Å². The van der Waals surface area contributed by atoms with Crippen molar-refractivity contribution in [1.82, 2.24) is 5.32 Å². The van der Waals surface area contributed by atoms with Crippen LogP contribution in [0.2, 0.25) is 0 Å². The van der Waals surface area contributed by atoms with Crippen LogP contribution >= 0.6 is 0 Å². The molecule has 0 radical (unpaired) electrons. The van der Waals surface area contributed by atoms with Crippen LogP contribution in [0.1, 0.15) is 23.6 Å². The Kier molecular flexibility index (Phi) is 8.30. The Bertz CT molecular complexity index is 1290. The molecule has 0 bridgehead atoms. The lowest BCUT2D eigenvalue weighted by atomic mass is 10.0. The van der Waals surface area contributed by atoms with Crippen LogP contribution in [-0.4, -0.2) is 39.8 Å². The molecule has 0 saturated carbocycles. The summed E-state index contributed by atoms with van der Waals surface area (Å²) >= 11 is 0. The molecule has 3 rings (SSSR count). The largest absolute Gasteiger partial charge is 0.484 e. The van der Waals surface area contributed by atoms with Crippen molar-refractivity contribution in [1.29, 1.82) is 0 Å². The maximum Gasteiger partial charge on any atom is 0.264 e. The van der Waals surface area contributed by atoms with E-state index in [0.29, 0.717) is 17.9 Å². The van der Waals surface area contributed by atoms with Gasteiger partial charge >= 0.3 is 0 Å². The summed E-state index contributed by atoms with van der Waals surface area (Å²) in [6.45, 7) is 4.97. The Balaban J connectivity index is 1.60. The number of ketones is 1. The normalized spacial score (nSPS) is 12.0. The number of carbonyl (C=O) groups excluding carboxylic acids is 2. The molecule has 1 amide bonds. The highest BCUT2D eigenvalue weighted by Gasteiger charge is 2.22. The van der Waals surface area contributed by atoms with E-state index in [1.54, 1.807) is 42.5 Å². The average molecular weight is 495 g/mol. The molecule has 1 atom stereocenters. The number of hydrogen-bond acceptors (Lipinski definition) is 5. The molecule has 0 aromatic heterocycles. The summed E-state index contributed by atoms with van der Waals surface area (Å²) in [7, 11) is -2.23. The fourth-order valence-electron chi connectivity index (χ4n) is 3.45. The summed E-state index contributed by atoms with van der Waals surface area (Å²) in [4.78, 5) is 24.5. The molecule has 0 heterocycles. The van der Waals surface area contributed by atoms with Crippen molar-refractivity contribution in [3.63, 3.8) is 0 Å². The maximum absolute atomic E-state index is 13.0. The average Bonchev–Trinajstić information content (AvgIpc) is 2.84. The molecule has 0 aliphatic carbocycles. The molecule has 0 aliphatic rings. The standard InChI is InChI=1S/C27H30N2O5S/c1-19-10-15-25(16-20(19)2)35(32,33)29(4)23-11-13-24(14-12-23)34-18-27(31)28-26(21(3)30)17-22-8-6-5-7-9-22/h5-16,26H,17-18H2,1-4H3,(H,28,31). The van der Waals surface area contributed by atoms with E-state index in [0.717, 1.165) is 16.7 Å². The smallest absolute Gasteiger partial charge is 0.264 e. The topological polar surface area (TPSA) is 92.8 Å². The van der Waals surface area contributed by atoms with Crippen molar-refractivity contribution in [2.24, 2.45) is 0 Å². The van der Waals surface area contributed by atoms with Crippen LogP contribution < -0.4 is 14.4 Å². The minimum absolute atomic E-state index is 0.139. The molecule has 184 valence electrons. The SMILES string of the molecule is CC(=O)C(Cc1ccccc1)NC(=O)COc1ccc(N(C)S(=O)(=O)c2ccc(C)c(C)c2)cc1. The molecule has 0 aliphatic heterocycles. The first-order valence-corrected chi connectivity index (χ1v) is 12.6. The second kappa shape index (κ2) is 11.2. The number of Topliss-reactive ketones (excluding diaryl/α,β-unsaturated/α-hetero) is 1. The van der Waals surface area contributed by atoms with Gasteiger partial charge in [0.05, 0.1) is 16.6 Å². The molecular formula is C27H30N2O5S. The lowest BCUT2D eigenvalue weighted by Gasteiger charge is -2.20. The molecule has 8 heteroatoms. The number of rotatable bonds is 10. The van der Waals surface area contributed by atoms with Crippen molar-refractivity contribution in [2.75, 3.05) is 18.0 Å². The third kappa shape index (κ3) is 6.70. The van der Waals surface area contributed by atoms with Crippen molar-refractivity contribution >= 4 is 27.4 Å². The molecule has 3 aromatic carbocycles. The minimum Gasteiger partial charge on any atom is -0.484 e. The van der Waals surface area contributed by atoms with E-state index in [-0.39, 0.29) is 17.3 Å². The molecule has 0 spiro atoms. The Morgan fingerprint density at radius 2 is 1.60 bits per heavy atom. The highest BCUT2D eigenvalue weighted by atomic mass is 32.2. The summed E-state index contributed by atoms with van der Waals surface area (Å²) < 4.78 is 32.7. The van der Waals surface area contributed by atoms with Crippen molar-refractivity contribution < 1.29 is 22.7 Å². The zero-order valence-corrected chi connectivity index (χ0v) is 21.1. The second-order valence-electron chi connectivity index (χ2n) is 8.42. The number of ether oxygens (including phenoxy) is 1. The van der Waals surface area contributed by atoms with E-state index >= 15 is 0 Å². The van der Waals surface area contributed by atoms with Crippen LogP contribution in [-0.2, 0) is 26.0 Å². The molecule has 3 aromatic rings. The van der Waals surface area contributed by atoms with E-state index in [2.05, 4.69) is 5.32 Å². The second-order valence-corrected chi connectivity index (χ2v) is 10.4. The van der Waals surface area contributed by atoms with Gasteiger partial charge in [-0.25, -0.2) is 8.42 Å². The Morgan fingerprint density at radius 1 is 0.943 bits per heavy atom. The molecule has 0 saturated heterocycles. The van der Waals surface area contributed by atoms with Crippen LogP contribution in [0.3, 0.4) is 0 Å². The summed E-state index contributed by atoms with van der Waals surface area (Å²) in [5, 5.41) is 2.71. The number of hydrogen-bond donors (Lipinski definition) is 1. The van der Waals surface area contributed by atoms with Crippen LogP contribution in [0, 0.1) is 13.8 Å². The zero-order chi connectivity index (χ0) is 25.6. The van der Waals surface area contributed by atoms with Gasteiger partial charge in [0.25, 0.3) is 15.9 Å². The number of benzene rings is 3. The number of anilines is 1. The minimum atomic E-state index is -3.72. The monoisotopic (exact) mass is 494 g/mol. The molecule has 0 fully saturated rings. The quantitative estimate of drug-likeness (QED) is 0.463. The van der Waals surface area contributed by atoms with E-state index in [1.165, 1.54) is 18.3 Å². The predicted molar refractivity (Wildman–Crippen MR) is 136 cm³/mol. The summed E-state index contributed by atoms with van der Waals surface area (Å²) in [6.07, 6.45) is 0.401. The summed E-state index contributed by atoms with van der Waals surface area (Å²) in [6, 6.07) is 20.3. The number of carbonyl (C=O) groups is 2. The van der Waals surface area contributed by atoms with E-state index < -0.39 is 22.0 Å². The van der Waals surface area contributed by atoms with Gasteiger partial charge in [0.15, 0.2) is 12.4 Å². The summed E-state index contributed by atoms with van der Waals surface area (Å²) in [5.74, 6) is -0.150. The number of nitrogens with one attached hydrogen (secondary N) is 1. The van der Waals surface area contributed by atoms with Crippen LogP contribution in [0.4, 0.5) is 5.69 Å². The number of sulfonamides is 1. The third-order valence-corrected chi connectivity index (χ3v) is 7.60. The summed E-state index contributed by atoms with van der Waals surface area (Å²) in [5.41, 5.74) is 3.33. The van der Waals surface area contributed by atoms with Gasteiger partial charge in [0.2, 0.25) is 0 Å². The van der Waals surface area contributed by atoms with Gasteiger partial charge < -0.3 is 10.1 Å². The Morgan fingerprint density at radius 3 is 2.20 bits per heavy atom. The van der Waals surface area contributed by atoms with Crippen LogP contribution in [0.15, 0.2) is 77.7 Å². The van der Waals surface area contributed by atoms with Gasteiger partial charge in [-0.1, -0.05) is 36.4 Å². The number of aryl methyl sites for hydroxylation is 2. The Labute approximate surface area is 206 Å². The maximum atomic E-state index is 13.0. The first kappa shape index (κ1) is 26.0. The van der Waals surface area contributed by atoms with Crippen molar-refractivity contribution in [3.8, 4) is 5.75 Å². The van der Waals surface area contributed by atoms with Crippen molar-refractivity contribution in [3.05, 3.63) is 89.5 Å². The first-order valence-electron chi connectivity index (χ1n) is 11.2. The number of nitrogens with zero attached hydrogens (tertiary/aromatic N) is 1. The molecule has 1 unspecified atom stereocenters. The first-order chi connectivity index (χ1) is 16.6. The van der Waals surface area contributed by atoms with E-state index in [1.807, 2.05) is 44.2 Å². The highest BCUT2D eigenvalue weighted by Crippen LogP contribution is 2.25. The van der Waals surface area contributed by atoms with E-state index in [4.69, 9.17) is 4.74 Å². The molecule has 35 heavy (non-hydrogen) atoms. The third-order valence-electron chi connectivity index (χ3n) is 5.82. The molecule has 1 N–H and O–H groups in total. The van der Waals surface area contributed by atoms with Gasteiger partial charge in [-0.3, -0.25) is 13.9 Å². The predicted octanol–water partition coefficient (Wildman–Crippen LogP) is 3.82. The fourth-order valence-corrected chi connectivity index (χ4v) is 4.74. The molecular weight excluding hydrogens is 464 g/mol. The van der Waals surface area contributed by atoms with Crippen LogP contribution in [0.5, 0.6) is 5.75 Å². The zero-order valence-electron chi connectivity index (χ0n) is 20.3. The highest BCUT2D eigenvalue weighted by molar-refractivity contribution is 7.92. The number of amides is 1. The lowest BCUT2D eigenvalue weighted by molar-refractivity contribution is -0.128. The van der Waals surface area contributed by atoms with Gasteiger partial charge in [-0.2, -0.15) is 0 Å². The Hall–Kier alpha value is -3.65. The fraction of sp³-hybridized carbons (Fsp3) is 0.259. The lowest BCUT2D eigenvalue weighted by Crippen LogP contribution is -2.43.